The fourth-order valence-corrected chi connectivity index (χ4v) is 2.12. The Bertz CT molecular complexity index is 326. The highest BCUT2D eigenvalue weighted by Crippen LogP contribution is 2.60. The molecule has 1 saturated carbocycles. The van der Waals surface area contributed by atoms with Crippen LogP contribution >= 0.6 is 0 Å². The van der Waals surface area contributed by atoms with Gasteiger partial charge in [0, 0.05) is 19.3 Å². The molecule has 1 aliphatic carbocycles. The minimum absolute atomic E-state index is 0.0651. The molecule has 0 amide bonds. The number of hydrogen-bond donors (Lipinski definition) is 1. The van der Waals surface area contributed by atoms with Crippen molar-refractivity contribution in [3.05, 3.63) is 0 Å². The summed E-state index contributed by atoms with van der Waals surface area (Å²) in [7, 11) is 0. The number of nitriles is 1. The van der Waals surface area contributed by atoms with Crippen LogP contribution in [0.4, 0.5) is 0 Å². The summed E-state index contributed by atoms with van der Waals surface area (Å²) < 4.78 is 0. The van der Waals surface area contributed by atoms with E-state index in [-0.39, 0.29) is 28.7 Å². The standard InChI is InChI=1S/C10H14N2O2/c1-6(13)9(12-14)8-7(4-5-11)10(8,2)3/h7-8,14H,4H2,1-3H3/b12-9-/t7-,8-/m1/s1. The Balaban J connectivity index is 2.83. The van der Waals surface area contributed by atoms with Crippen LogP contribution in [0, 0.1) is 28.6 Å². The van der Waals surface area contributed by atoms with Crippen LogP contribution in [0.5, 0.6) is 0 Å². The van der Waals surface area contributed by atoms with Crippen molar-refractivity contribution >= 4 is 11.5 Å². The van der Waals surface area contributed by atoms with Crippen molar-refractivity contribution < 1.29 is 10.0 Å². The van der Waals surface area contributed by atoms with E-state index in [1.807, 2.05) is 13.8 Å². The lowest BCUT2D eigenvalue weighted by Gasteiger charge is -2.01. The monoisotopic (exact) mass is 194 g/mol. The van der Waals surface area contributed by atoms with Gasteiger partial charge in [0.2, 0.25) is 0 Å². The van der Waals surface area contributed by atoms with Crippen molar-refractivity contribution in [1.29, 1.82) is 5.26 Å². The van der Waals surface area contributed by atoms with E-state index < -0.39 is 0 Å². The number of nitrogens with zero attached hydrogens (tertiary/aromatic N) is 2. The first-order valence-corrected chi connectivity index (χ1v) is 4.56. The molecule has 0 aromatic carbocycles. The molecule has 0 aliphatic heterocycles. The summed E-state index contributed by atoms with van der Waals surface area (Å²) in [6, 6.07) is 2.09. The molecule has 1 N–H and O–H groups in total. The molecule has 0 unspecified atom stereocenters. The second-order valence-electron chi connectivity index (χ2n) is 4.31. The lowest BCUT2D eigenvalue weighted by Crippen LogP contribution is -2.15. The van der Waals surface area contributed by atoms with Gasteiger partial charge < -0.3 is 5.21 Å². The summed E-state index contributed by atoms with van der Waals surface area (Å²) in [4.78, 5) is 11.1. The minimum atomic E-state index is -0.217. The molecule has 76 valence electrons. The van der Waals surface area contributed by atoms with Gasteiger partial charge in [-0.05, 0) is 11.3 Å². The zero-order chi connectivity index (χ0) is 10.9. The number of oxime groups is 1. The van der Waals surface area contributed by atoms with Gasteiger partial charge in [-0.3, -0.25) is 4.79 Å². The second kappa shape index (κ2) is 3.41. The third-order valence-electron chi connectivity index (χ3n) is 3.12. The predicted molar refractivity (Wildman–Crippen MR) is 50.9 cm³/mol. The first-order chi connectivity index (χ1) is 6.46. The molecule has 0 heterocycles. The fourth-order valence-electron chi connectivity index (χ4n) is 2.12. The van der Waals surface area contributed by atoms with Crippen LogP contribution in [-0.4, -0.2) is 16.7 Å². The lowest BCUT2D eigenvalue weighted by atomic mass is 10.0. The van der Waals surface area contributed by atoms with Gasteiger partial charge in [0.25, 0.3) is 0 Å². The van der Waals surface area contributed by atoms with Crippen molar-refractivity contribution in [3.63, 3.8) is 0 Å². The zero-order valence-corrected chi connectivity index (χ0v) is 8.61. The van der Waals surface area contributed by atoms with E-state index >= 15 is 0 Å². The van der Waals surface area contributed by atoms with Gasteiger partial charge in [-0.25, -0.2) is 0 Å². The molecule has 1 aliphatic rings. The average molecular weight is 194 g/mol. The van der Waals surface area contributed by atoms with Crippen LogP contribution in [0.1, 0.15) is 27.2 Å². The van der Waals surface area contributed by atoms with Crippen molar-refractivity contribution in [2.75, 3.05) is 0 Å². The van der Waals surface area contributed by atoms with Crippen LogP contribution in [0.25, 0.3) is 0 Å². The minimum Gasteiger partial charge on any atom is -0.411 e. The number of carbonyl (C=O) groups is 1. The van der Waals surface area contributed by atoms with Gasteiger partial charge in [0.05, 0.1) is 6.07 Å². The maximum Gasteiger partial charge on any atom is 0.177 e. The van der Waals surface area contributed by atoms with Crippen LogP contribution < -0.4 is 0 Å². The Morgan fingerprint density at radius 1 is 1.64 bits per heavy atom. The van der Waals surface area contributed by atoms with E-state index in [4.69, 9.17) is 10.5 Å². The molecule has 1 rings (SSSR count). The van der Waals surface area contributed by atoms with Gasteiger partial charge in [-0.2, -0.15) is 5.26 Å². The molecule has 0 bridgehead atoms. The molecule has 2 atom stereocenters. The number of Topliss-reactive ketones (excluding diaryl/α,β-unsaturated/α-hetero) is 1. The Morgan fingerprint density at radius 3 is 2.57 bits per heavy atom. The summed E-state index contributed by atoms with van der Waals surface area (Å²) in [5.41, 5.74) is 0.110. The van der Waals surface area contributed by atoms with Crippen molar-refractivity contribution in [2.24, 2.45) is 22.4 Å². The molecule has 4 nitrogen and oxygen atoms in total. The maximum atomic E-state index is 11.1. The SMILES string of the molecule is CC(=O)/C(=N/O)[C@H]1[C@@H](CC#N)C1(C)C. The zero-order valence-electron chi connectivity index (χ0n) is 8.61. The molecule has 0 aromatic rings. The molecule has 0 saturated heterocycles. The maximum absolute atomic E-state index is 11.1. The Labute approximate surface area is 83.2 Å². The van der Waals surface area contributed by atoms with Gasteiger partial charge in [-0.15, -0.1) is 0 Å². The van der Waals surface area contributed by atoms with E-state index in [9.17, 15) is 4.79 Å². The molecule has 0 aromatic heterocycles. The Kier molecular flexibility index (Phi) is 2.61. The highest BCUT2D eigenvalue weighted by molar-refractivity contribution is 6.40. The topological polar surface area (TPSA) is 73.4 Å². The van der Waals surface area contributed by atoms with Gasteiger partial charge in [-0.1, -0.05) is 19.0 Å². The van der Waals surface area contributed by atoms with Gasteiger partial charge in [0.15, 0.2) is 5.78 Å². The third-order valence-corrected chi connectivity index (χ3v) is 3.12. The third kappa shape index (κ3) is 1.50. The van der Waals surface area contributed by atoms with Crippen molar-refractivity contribution in [2.45, 2.75) is 27.2 Å². The molecule has 14 heavy (non-hydrogen) atoms. The summed E-state index contributed by atoms with van der Waals surface area (Å²) >= 11 is 0. The quantitative estimate of drug-likeness (QED) is 0.421. The highest BCUT2D eigenvalue weighted by atomic mass is 16.4. The van der Waals surface area contributed by atoms with E-state index in [1.165, 1.54) is 6.92 Å². The summed E-state index contributed by atoms with van der Waals surface area (Å²) in [6.45, 7) is 5.34. The van der Waals surface area contributed by atoms with Crippen LogP contribution in [-0.2, 0) is 4.79 Å². The second-order valence-corrected chi connectivity index (χ2v) is 4.31. The molecule has 0 spiro atoms. The predicted octanol–water partition coefficient (Wildman–Crippen LogP) is 1.59. The molecular weight excluding hydrogens is 180 g/mol. The first-order valence-electron chi connectivity index (χ1n) is 4.56. The Morgan fingerprint density at radius 2 is 2.21 bits per heavy atom. The number of carbonyl (C=O) groups excluding carboxylic acids is 1. The lowest BCUT2D eigenvalue weighted by molar-refractivity contribution is -0.111. The summed E-state index contributed by atoms with van der Waals surface area (Å²) in [6.07, 6.45) is 0.407. The largest absolute Gasteiger partial charge is 0.411 e. The van der Waals surface area contributed by atoms with E-state index in [1.54, 1.807) is 0 Å². The van der Waals surface area contributed by atoms with E-state index in [0.717, 1.165) is 0 Å². The fraction of sp³-hybridized carbons (Fsp3) is 0.700. The smallest absolute Gasteiger partial charge is 0.177 e. The van der Waals surface area contributed by atoms with E-state index in [2.05, 4.69) is 11.2 Å². The molecule has 0 radical (unpaired) electrons. The van der Waals surface area contributed by atoms with Gasteiger partial charge >= 0.3 is 0 Å². The molecule has 1 fully saturated rings. The van der Waals surface area contributed by atoms with Crippen molar-refractivity contribution in [1.82, 2.24) is 0 Å². The normalized spacial score (nSPS) is 29.4. The van der Waals surface area contributed by atoms with Crippen LogP contribution in [0.2, 0.25) is 0 Å². The van der Waals surface area contributed by atoms with Gasteiger partial charge in [0.1, 0.15) is 5.71 Å². The summed E-state index contributed by atoms with van der Waals surface area (Å²) in [5.74, 6) is -0.141. The first kappa shape index (κ1) is 10.7. The highest BCUT2D eigenvalue weighted by Gasteiger charge is 2.60. The van der Waals surface area contributed by atoms with Crippen LogP contribution in [0.15, 0.2) is 5.16 Å². The van der Waals surface area contributed by atoms with Crippen LogP contribution in [0.3, 0.4) is 0 Å². The average Bonchev–Trinajstić information content (AvgIpc) is 2.58. The molecular formula is C10H14N2O2. The Hall–Kier alpha value is -1.37. The number of hydrogen-bond acceptors (Lipinski definition) is 4. The summed E-state index contributed by atoms with van der Waals surface area (Å²) in [5, 5.41) is 20.3. The number of rotatable bonds is 3. The van der Waals surface area contributed by atoms with E-state index in [0.29, 0.717) is 6.42 Å². The van der Waals surface area contributed by atoms with Crippen molar-refractivity contribution in [3.8, 4) is 6.07 Å². The molecule has 4 heteroatoms. The number of ketones is 1.